The normalized spacial score (nSPS) is 25.1. The summed E-state index contributed by atoms with van der Waals surface area (Å²) in [7, 11) is 0. The third-order valence-corrected chi connectivity index (χ3v) is 3.90. The summed E-state index contributed by atoms with van der Waals surface area (Å²) < 4.78 is 5.39. The summed E-state index contributed by atoms with van der Waals surface area (Å²) in [6.07, 6.45) is 5.21. The van der Waals surface area contributed by atoms with Gasteiger partial charge in [-0.05, 0) is 26.3 Å². The van der Waals surface area contributed by atoms with Crippen molar-refractivity contribution >= 4 is 5.97 Å². The zero-order valence-electron chi connectivity index (χ0n) is 11.7. The lowest BCUT2D eigenvalue weighted by Gasteiger charge is -2.33. The Balaban J connectivity index is 2.62. The summed E-state index contributed by atoms with van der Waals surface area (Å²) in [4.78, 5) is 13.7. The molecule has 1 saturated carbocycles. The molecule has 0 saturated heterocycles. The molecule has 0 radical (unpaired) electrons. The first-order valence-electron chi connectivity index (χ1n) is 7.25. The molecule has 4 heteroatoms. The van der Waals surface area contributed by atoms with E-state index in [2.05, 4.69) is 11.8 Å². The largest absolute Gasteiger partial charge is 0.481 e. The maximum atomic E-state index is 11.4. The molecule has 0 spiro atoms. The van der Waals surface area contributed by atoms with Crippen LogP contribution in [0.15, 0.2) is 0 Å². The molecule has 0 aliphatic heterocycles. The first kappa shape index (κ1) is 15.4. The van der Waals surface area contributed by atoms with E-state index in [0.29, 0.717) is 6.61 Å². The highest BCUT2D eigenvalue weighted by Gasteiger charge is 2.32. The molecule has 18 heavy (non-hydrogen) atoms. The van der Waals surface area contributed by atoms with E-state index in [1.54, 1.807) is 0 Å². The first-order valence-corrected chi connectivity index (χ1v) is 7.25. The molecular formula is C14H27NO3. The van der Waals surface area contributed by atoms with Crippen molar-refractivity contribution in [3.63, 3.8) is 0 Å². The Morgan fingerprint density at radius 2 is 2.00 bits per heavy atom. The number of hydrogen-bond acceptors (Lipinski definition) is 3. The first-order chi connectivity index (χ1) is 8.70. The number of likely N-dealkylation sites (N-methyl/N-ethyl adjacent to an activating group) is 1. The van der Waals surface area contributed by atoms with E-state index >= 15 is 0 Å². The molecule has 0 aromatic heterocycles. The lowest BCUT2D eigenvalue weighted by molar-refractivity contribution is -0.144. The van der Waals surface area contributed by atoms with Gasteiger partial charge in [-0.1, -0.05) is 26.2 Å². The Kier molecular flexibility index (Phi) is 7.28. The van der Waals surface area contributed by atoms with Gasteiger partial charge in [0, 0.05) is 19.2 Å². The molecular weight excluding hydrogens is 230 g/mol. The lowest BCUT2D eigenvalue weighted by Crippen LogP contribution is -2.44. The van der Waals surface area contributed by atoms with Crippen LogP contribution in [0.3, 0.4) is 0 Å². The molecule has 4 nitrogen and oxygen atoms in total. The van der Waals surface area contributed by atoms with Crippen LogP contribution in [0.25, 0.3) is 0 Å². The number of aliphatic carboxylic acids is 1. The van der Waals surface area contributed by atoms with Crippen LogP contribution in [0.1, 0.15) is 46.0 Å². The molecule has 1 fully saturated rings. The number of hydrogen-bond donors (Lipinski definition) is 1. The monoisotopic (exact) mass is 257 g/mol. The van der Waals surface area contributed by atoms with Crippen molar-refractivity contribution in [2.45, 2.75) is 52.0 Å². The van der Waals surface area contributed by atoms with E-state index in [0.717, 1.165) is 45.4 Å². The molecule has 0 bridgehead atoms. The summed E-state index contributed by atoms with van der Waals surface area (Å²) in [5.74, 6) is -0.828. The van der Waals surface area contributed by atoms with E-state index in [1.165, 1.54) is 6.42 Å². The Morgan fingerprint density at radius 3 is 2.61 bits per heavy atom. The third kappa shape index (κ3) is 4.58. The molecule has 1 rings (SSSR count). The van der Waals surface area contributed by atoms with E-state index < -0.39 is 5.97 Å². The maximum Gasteiger partial charge on any atom is 0.308 e. The van der Waals surface area contributed by atoms with Crippen molar-refractivity contribution in [2.75, 3.05) is 26.3 Å². The number of carboxylic acids is 1. The van der Waals surface area contributed by atoms with Gasteiger partial charge in [0.15, 0.2) is 0 Å². The Labute approximate surface area is 110 Å². The van der Waals surface area contributed by atoms with Crippen molar-refractivity contribution in [3.05, 3.63) is 0 Å². The van der Waals surface area contributed by atoms with Crippen LogP contribution < -0.4 is 0 Å². The summed E-state index contributed by atoms with van der Waals surface area (Å²) in [5.41, 5.74) is 0. The second-order valence-corrected chi connectivity index (χ2v) is 4.98. The maximum absolute atomic E-state index is 11.4. The molecule has 106 valence electrons. The van der Waals surface area contributed by atoms with Crippen LogP contribution in [0, 0.1) is 5.92 Å². The zero-order chi connectivity index (χ0) is 13.4. The zero-order valence-corrected chi connectivity index (χ0v) is 11.7. The molecule has 2 atom stereocenters. The van der Waals surface area contributed by atoms with Gasteiger partial charge in [0.2, 0.25) is 0 Å². The predicted octanol–water partition coefficient (Wildman–Crippen LogP) is 2.38. The quantitative estimate of drug-likeness (QED) is 0.562. The van der Waals surface area contributed by atoms with Gasteiger partial charge >= 0.3 is 5.97 Å². The van der Waals surface area contributed by atoms with E-state index in [-0.39, 0.29) is 12.0 Å². The molecule has 2 unspecified atom stereocenters. The van der Waals surface area contributed by atoms with E-state index in [4.69, 9.17) is 4.74 Å². The standard InChI is InChI=1S/C14H27NO3/c1-3-15(10-11-18-4-2)13-9-7-5-6-8-12(13)14(16)17/h12-13H,3-11H2,1-2H3,(H,16,17). The van der Waals surface area contributed by atoms with Crippen LogP contribution in [-0.4, -0.2) is 48.3 Å². The van der Waals surface area contributed by atoms with Gasteiger partial charge in [-0.25, -0.2) is 0 Å². The molecule has 1 aliphatic rings. The predicted molar refractivity (Wildman–Crippen MR) is 71.7 cm³/mol. The molecule has 1 N–H and O–H groups in total. The molecule has 0 aromatic rings. The summed E-state index contributed by atoms with van der Waals surface area (Å²) in [6.45, 7) is 7.27. The molecule has 1 aliphatic carbocycles. The topological polar surface area (TPSA) is 49.8 Å². The van der Waals surface area contributed by atoms with Crippen LogP contribution >= 0.6 is 0 Å². The fourth-order valence-corrected chi connectivity index (χ4v) is 2.90. The van der Waals surface area contributed by atoms with Crippen molar-refractivity contribution in [1.29, 1.82) is 0 Å². The van der Waals surface area contributed by atoms with Crippen LogP contribution in [0.2, 0.25) is 0 Å². The average molecular weight is 257 g/mol. The van der Waals surface area contributed by atoms with Gasteiger partial charge < -0.3 is 9.84 Å². The van der Waals surface area contributed by atoms with Gasteiger partial charge in [0.1, 0.15) is 0 Å². The second kappa shape index (κ2) is 8.48. The van der Waals surface area contributed by atoms with Crippen LogP contribution in [-0.2, 0) is 9.53 Å². The van der Waals surface area contributed by atoms with Crippen molar-refractivity contribution in [2.24, 2.45) is 5.92 Å². The minimum Gasteiger partial charge on any atom is -0.481 e. The number of nitrogens with zero attached hydrogens (tertiary/aromatic N) is 1. The fourth-order valence-electron chi connectivity index (χ4n) is 2.90. The molecule has 0 aromatic carbocycles. The number of rotatable bonds is 7. The van der Waals surface area contributed by atoms with Gasteiger partial charge in [0.05, 0.1) is 12.5 Å². The SMILES string of the molecule is CCOCCN(CC)C1CCCCCC1C(=O)O. The van der Waals surface area contributed by atoms with Crippen LogP contribution in [0.5, 0.6) is 0 Å². The average Bonchev–Trinajstić information content (AvgIpc) is 2.60. The van der Waals surface area contributed by atoms with Gasteiger partial charge in [-0.2, -0.15) is 0 Å². The highest BCUT2D eigenvalue weighted by molar-refractivity contribution is 5.70. The van der Waals surface area contributed by atoms with Crippen molar-refractivity contribution < 1.29 is 14.6 Å². The van der Waals surface area contributed by atoms with Gasteiger partial charge in [-0.3, -0.25) is 9.69 Å². The Hall–Kier alpha value is -0.610. The minimum absolute atomic E-state index is 0.190. The minimum atomic E-state index is -0.628. The van der Waals surface area contributed by atoms with Crippen LogP contribution in [0.4, 0.5) is 0 Å². The molecule has 0 amide bonds. The highest BCUT2D eigenvalue weighted by Crippen LogP contribution is 2.27. The van der Waals surface area contributed by atoms with Crippen molar-refractivity contribution in [3.8, 4) is 0 Å². The van der Waals surface area contributed by atoms with Crippen molar-refractivity contribution in [1.82, 2.24) is 4.90 Å². The van der Waals surface area contributed by atoms with Gasteiger partial charge in [-0.15, -0.1) is 0 Å². The molecule has 0 heterocycles. The smallest absolute Gasteiger partial charge is 0.308 e. The van der Waals surface area contributed by atoms with E-state index in [9.17, 15) is 9.90 Å². The fraction of sp³-hybridized carbons (Fsp3) is 0.929. The highest BCUT2D eigenvalue weighted by atomic mass is 16.5. The summed E-state index contributed by atoms with van der Waals surface area (Å²) in [6, 6.07) is 0.190. The van der Waals surface area contributed by atoms with Gasteiger partial charge in [0.25, 0.3) is 0 Å². The number of carbonyl (C=O) groups is 1. The summed E-state index contributed by atoms with van der Waals surface area (Å²) in [5, 5.41) is 9.39. The van der Waals surface area contributed by atoms with E-state index in [1.807, 2.05) is 6.92 Å². The Bertz CT molecular complexity index is 245. The summed E-state index contributed by atoms with van der Waals surface area (Å²) >= 11 is 0. The number of ether oxygens (including phenoxy) is 1. The lowest BCUT2D eigenvalue weighted by atomic mass is 9.93. The third-order valence-electron chi connectivity index (χ3n) is 3.90. The number of carboxylic acid groups (broad SMARTS) is 1. The second-order valence-electron chi connectivity index (χ2n) is 4.98. The Morgan fingerprint density at radius 1 is 1.28 bits per heavy atom.